The van der Waals surface area contributed by atoms with Gasteiger partial charge >= 0.3 is 0 Å². The summed E-state index contributed by atoms with van der Waals surface area (Å²) in [5, 5.41) is 14.0. The molecule has 0 aliphatic heterocycles. The Kier molecular flexibility index (Phi) is 4.68. The monoisotopic (exact) mass is 203 g/mol. The van der Waals surface area contributed by atoms with Crippen LogP contribution in [0.2, 0.25) is 0 Å². The molecule has 0 spiro atoms. The Morgan fingerprint density at radius 3 is 3.08 bits per heavy atom. The van der Waals surface area contributed by atoms with Gasteiger partial charge in [0.15, 0.2) is 0 Å². The molecule has 1 unspecified atom stereocenters. The molecule has 1 atom stereocenters. The summed E-state index contributed by atoms with van der Waals surface area (Å²) in [5.41, 5.74) is 0. The summed E-state index contributed by atoms with van der Waals surface area (Å²) in [6.45, 7) is 0.203. The smallest absolute Gasteiger partial charge is 0.0599 e. The van der Waals surface area contributed by atoms with Crippen LogP contribution in [0.1, 0.15) is 0 Å². The van der Waals surface area contributed by atoms with E-state index in [1.165, 1.54) is 4.21 Å². The molecule has 0 saturated heterocycles. The van der Waals surface area contributed by atoms with Crippen molar-refractivity contribution in [2.45, 2.75) is 10.3 Å². The molecule has 0 amide bonds. The van der Waals surface area contributed by atoms with Crippen LogP contribution in [0.4, 0.5) is 0 Å². The van der Waals surface area contributed by atoms with Crippen LogP contribution in [0.25, 0.3) is 0 Å². The average Bonchev–Trinajstić information content (AvgIpc) is 2.59. The van der Waals surface area contributed by atoms with Crippen molar-refractivity contribution in [3.8, 4) is 0 Å². The first-order chi connectivity index (χ1) is 5.86. The zero-order chi connectivity index (χ0) is 8.81. The van der Waals surface area contributed by atoms with E-state index < -0.39 is 0 Å². The minimum atomic E-state index is 0.203. The second-order valence-electron chi connectivity index (χ2n) is 2.41. The van der Waals surface area contributed by atoms with E-state index in [-0.39, 0.29) is 12.6 Å². The summed E-state index contributed by atoms with van der Waals surface area (Å²) in [4.78, 5) is 0. The van der Waals surface area contributed by atoms with Crippen LogP contribution < -0.4 is 5.32 Å². The van der Waals surface area contributed by atoms with Crippen molar-refractivity contribution in [1.82, 2.24) is 5.32 Å². The molecule has 1 heterocycles. The maximum absolute atomic E-state index is 8.88. The first kappa shape index (κ1) is 10.1. The highest BCUT2D eigenvalue weighted by Crippen LogP contribution is 2.23. The van der Waals surface area contributed by atoms with Crippen molar-refractivity contribution in [3.05, 3.63) is 17.5 Å². The molecule has 2 N–H and O–H groups in total. The molecule has 4 heteroatoms. The van der Waals surface area contributed by atoms with Gasteiger partial charge in [0, 0.05) is 11.8 Å². The van der Waals surface area contributed by atoms with Crippen LogP contribution in [0, 0.1) is 0 Å². The lowest BCUT2D eigenvalue weighted by Gasteiger charge is -2.10. The number of likely N-dealkylation sites (N-methyl/N-ethyl adjacent to an activating group) is 1. The molecule has 1 rings (SSSR count). The summed E-state index contributed by atoms with van der Waals surface area (Å²) in [6.07, 6.45) is 0. The molecule has 0 fully saturated rings. The van der Waals surface area contributed by atoms with Crippen molar-refractivity contribution < 1.29 is 5.11 Å². The van der Waals surface area contributed by atoms with Crippen molar-refractivity contribution in [2.75, 3.05) is 19.4 Å². The minimum absolute atomic E-state index is 0.203. The van der Waals surface area contributed by atoms with E-state index in [4.69, 9.17) is 5.11 Å². The van der Waals surface area contributed by atoms with Crippen LogP contribution in [-0.2, 0) is 0 Å². The van der Waals surface area contributed by atoms with Crippen molar-refractivity contribution in [1.29, 1.82) is 0 Å². The molecule has 0 aromatic carbocycles. The standard InChI is InChI=1S/C8H13NOS2/c1-9-7(5-10)6-12-8-3-2-4-11-8/h2-4,7,9-10H,5-6H2,1H3. The maximum atomic E-state index is 8.88. The Morgan fingerprint density at radius 2 is 2.58 bits per heavy atom. The molecule has 0 bridgehead atoms. The first-order valence-electron chi connectivity index (χ1n) is 3.81. The van der Waals surface area contributed by atoms with E-state index in [1.54, 1.807) is 23.1 Å². The molecule has 0 radical (unpaired) electrons. The lowest BCUT2D eigenvalue weighted by atomic mass is 10.4. The van der Waals surface area contributed by atoms with Crippen LogP contribution in [0.3, 0.4) is 0 Å². The first-order valence-corrected chi connectivity index (χ1v) is 5.67. The Balaban J connectivity index is 2.25. The molecule has 1 aromatic heterocycles. The molecule has 0 saturated carbocycles. The largest absolute Gasteiger partial charge is 0.395 e. The molecular weight excluding hydrogens is 190 g/mol. The van der Waals surface area contributed by atoms with E-state index in [1.807, 2.05) is 13.1 Å². The van der Waals surface area contributed by atoms with Crippen LogP contribution >= 0.6 is 23.1 Å². The van der Waals surface area contributed by atoms with Gasteiger partial charge in [0.2, 0.25) is 0 Å². The second kappa shape index (κ2) is 5.59. The summed E-state index contributed by atoms with van der Waals surface area (Å²) >= 11 is 3.52. The number of hydrogen-bond donors (Lipinski definition) is 2. The van der Waals surface area contributed by atoms with Gasteiger partial charge in [0.25, 0.3) is 0 Å². The number of nitrogens with one attached hydrogen (secondary N) is 1. The van der Waals surface area contributed by atoms with Gasteiger partial charge in [-0.1, -0.05) is 6.07 Å². The number of aliphatic hydroxyl groups excluding tert-OH is 1. The Hall–Kier alpha value is -0.0300. The Morgan fingerprint density at radius 1 is 1.75 bits per heavy atom. The fraction of sp³-hybridized carbons (Fsp3) is 0.500. The van der Waals surface area contributed by atoms with Gasteiger partial charge in [-0.25, -0.2) is 0 Å². The highest BCUT2D eigenvalue weighted by Gasteiger charge is 2.04. The zero-order valence-corrected chi connectivity index (χ0v) is 8.62. The highest BCUT2D eigenvalue weighted by molar-refractivity contribution is 8.01. The summed E-state index contributed by atoms with van der Waals surface area (Å²) < 4.78 is 1.31. The fourth-order valence-electron chi connectivity index (χ4n) is 0.756. The molecule has 2 nitrogen and oxygen atoms in total. The summed E-state index contributed by atoms with van der Waals surface area (Å²) in [5.74, 6) is 0.924. The number of thioether (sulfide) groups is 1. The van der Waals surface area contributed by atoms with Crippen molar-refractivity contribution >= 4 is 23.1 Å². The van der Waals surface area contributed by atoms with Crippen molar-refractivity contribution in [2.24, 2.45) is 0 Å². The lowest BCUT2D eigenvalue weighted by Crippen LogP contribution is -2.31. The third kappa shape index (κ3) is 3.15. The minimum Gasteiger partial charge on any atom is -0.395 e. The van der Waals surface area contributed by atoms with Gasteiger partial charge in [-0.3, -0.25) is 0 Å². The third-order valence-electron chi connectivity index (χ3n) is 1.55. The molecule has 12 heavy (non-hydrogen) atoms. The fourth-order valence-corrected chi connectivity index (χ4v) is 2.66. The van der Waals surface area contributed by atoms with E-state index in [2.05, 4.69) is 16.8 Å². The predicted octanol–water partition coefficient (Wildman–Crippen LogP) is 1.42. The second-order valence-corrected chi connectivity index (χ2v) is 4.68. The van der Waals surface area contributed by atoms with Gasteiger partial charge in [-0.15, -0.1) is 23.1 Å². The SMILES string of the molecule is CNC(CO)CSc1cccs1. The van der Waals surface area contributed by atoms with E-state index in [9.17, 15) is 0 Å². The average molecular weight is 203 g/mol. The molecular formula is C8H13NOS2. The topological polar surface area (TPSA) is 32.3 Å². The number of hydrogen-bond acceptors (Lipinski definition) is 4. The molecule has 68 valence electrons. The van der Waals surface area contributed by atoms with Crippen molar-refractivity contribution in [3.63, 3.8) is 0 Å². The summed E-state index contributed by atoms with van der Waals surface area (Å²) in [6, 6.07) is 4.34. The molecule has 0 aliphatic carbocycles. The van der Waals surface area contributed by atoms with E-state index >= 15 is 0 Å². The lowest BCUT2D eigenvalue weighted by molar-refractivity contribution is 0.260. The van der Waals surface area contributed by atoms with Gasteiger partial charge in [-0.2, -0.15) is 0 Å². The van der Waals surface area contributed by atoms with E-state index in [0.717, 1.165) is 5.75 Å². The zero-order valence-electron chi connectivity index (χ0n) is 6.99. The summed E-state index contributed by atoms with van der Waals surface area (Å²) in [7, 11) is 1.87. The maximum Gasteiger partial charge on any atom is 0.0599 e. The van der Waals surface area contributed by atoms with Crippen LogP contribution in [0.15, 0.2) is 21.7 Å². The molecule has 1 aromatic rings. The third-order valence-corrected chi connectivity index (χ3v) is 3.84. The molecule has 0 aliphatic rings. The highest BCUT2D eigenvalue weighted by atomic mass is 32.2. The number of rotatable bonds is 5. The van der Waals surface area contributed by atoms with Gasteiger partial charge in [-0.05, 0) is 18.5 Å². The van der Waals surface area contributed by atoms with Gasteiger partial charge in [0.05, 0.1) is 10.8 Å². The normalized spacial score (nSPS) is 13.2. The number of thiophene rings is 1. The quantitative estimate of drug-likeness (QED) is 0.710. The van der Waals surface area contributed by atoms with E-state index in [0.29, 0.717) is 0 Å². The predicted molar refractivity (Wildman–Crippen MR) is 55.0 cm³/mol. The van der Waals surface area contributed by atoms with Gasteiger partial charge in [0.1, 0.15) is 0 Å². The van der Waals surface area contributed by atoms with Gasteiger partial charge < -0.3 is 10.4 Å². The number of aliphatic hydroxyl groups is 1. The van der Waals surface area contributed by atoms with Crippen LogP contribution in [-0.4, -0.2) is 30.6 Å². The Labute approximate surface area is 81.0 Å². The van der Waals surface area contributed by atoms with Crippen LogP contribution in [0.5, 0.6) is 0 Å². The Bertz CT molecular complexity index is 197.